The Labute approximate surface area is 110 Å². The molecule has 0 amide bonds. The second kappa shape index (κ2) is 5.30. The molecule has 0 saturated heterocycles. The van der Waals surface area contributed by atoms with Gasteiger partial charge in [0, 0.05) is 7.05 Å². The second-order valence-electron chi connectivity index (χ2n) is 3.81. The molecule has 6 nitrogen and oxygen atoms in total. The van der Waals surface area contributed by atoms with Crippen LogP contribution in [0.5, 0.6) is 6.01 Å². The van der Waals surface area contributed by atoms with Crippen molar-refractivity contribution in [1.29, 1.82) is 0 Å². The first-order valence-electron chi connectivity index (χ1n) is 5.65. The van der Waals surface area contributed by atoms with Crippen LogP contribution in [0.25, 0.3) is 11.5 Å². The van der Waals surface area contributed by atoms with Crippen molar-refractivity contribution >= 4 is 11.6 Å². The van der Waals surface area contributed by atoms with Crippen LogP contribution in [-0.2, 0) is 7.05 Å². The zero-order chi connectivity index (χ0) is 13.1. The molecule has 7 heteroatoms. The molecule has 0 bridgehead atoms. The number of hydrogen-bond donors (Lipinski definition) is 0. The number of ether oxygens (including phenoxy) is 1. The van der Waals surface area contributed by atoms with Gasteiger partial charge in [-0.1, -0.05) is 6.92 Å². The summed E-state index contributed by atoms with van der Waals surface area (Å²) >= 11 is 5.87. The van der Waals surface area contributed by atoms with E-state index in [9.17, 15) is 0 Å². The average molecular weight is 268 g/mol. The Balaban J connectivity index is 2.38. The van der Waals surface area contributed by atoms with Gasteiger partial charge >= 0.3 is 6.01 Å². The van der Waals surface area contributed by atoms with E-state index in [1.54, 1.807) is 6.20 Å². The molecule has 0 aliphatic carbocycles. The van der Waals surface area contributed by atoms with Crippen LogP contribution in [0.4, 0.5) is 0 Å². The first-order valence-corrected chi connectivity index (χ1v) is 6.02. The molecule has 0 radical (unpaired) electrons. The van der Waals surface area contributed by atoms with Gasteiger partial charge in [-0.05, 0) is 24.9 Å². The molecular formula is C11H14ClN5O. The van der Waals surface area contributed by atoms with E-state index < -0.39 is 0 Å². The van der Waals surface area contributed by atoms with Crippen LogP contribution in [0.15, 0.2) is 6.20 Å². The van der Waals surface area contributed by atoms with Crippen molar-refractivity contribution in [2.45, 2.75) is 20.3 Å². The fourth-order valence-corrected chi connectivity index (χ4v) is 1.57. The lowest BCUT2D eigenvalue weighted by Gasteiger charge is -2.06. The standard InChI is InChI=1S/C11H14ClN5O/c1-4-5-18-11-15-9(14-10(12)16-11)8-6-13-7(2)17(8)3/h6H,4-5H2,1-3H3. The van der Waals surface area contributed by atoms with Crippen molar-refractivity contribution < 1.29 is 4.74 Å². The number of hydrogen-bond acceptors (Lipinski definition) is 5. The summed E-state index contributed by atoms with van der Waals surface area (Å²) in [6, 6.07) is 0.241. The zero-order valence-corrected chi connectivity index (χ0v) is 11.3. The summed E-state index contributed by atoms with van der Waals surface area (Å²) < 4.78 is 7.25. The normalized spacial score (nSPS) is 10.7. The van der Waals surface area contributed by atoms with Crippen molar-refractivity contribution in [3.8, 4) is 17.5 Å². The summed E-state index contributed by atoms with van der Waals surface area (Å²) in [5.74, 6) is 1.33. The maximum absolute atomic E-state index is 5.87. The van der Waals surface area contributed by atoms with E-state index >= 15 is 0 Å². The van der Waals surface area contributed by atoms with Crippen LogP contribution >= 0.6 is 11.6 Å². The lowest BCUT2D eigenvalue weighted by molar-refractivity contribution is 0.291. The predicted octanol–water partition coefficient (Wildman–Crippen LogP) is 2.02. The molecule has 0 unspecified atom stereocenters. The maximum atomic E-state index is 5.87. The minimum Gasteiger partial charge on any atom is -0.463 e. The molecule has 0 saturated carbocycles. The highest BCUT2D eigenvalue weighted by Gasteiger charge is 2.12. The first kappa shape index (κ1) is 12.8. The van der Waals surface area contributed by atoms with E-state index in [-0.39, 0.29) is 11.3 Å². The van der Waals surface area contributed by atoms with Crippen LogP contribution < -0.4 is 4.74 Å². The van der Waals surface area contributed by atoms with Crippen LogP contribution in [0.3, 0.4) is 0 Å². The van der Waals surface area contributed by atoms with E-state index in [4.69, 9.17) is 16.3 Å². The smallest absolute Gasteiger partial charge is 0.321 e. The van der Waals surface area contributed by atoms with Gasteiger partial charge in [0.1, 0.15) is 11.5 Å². The summed E-state index contributed by atoms with van der Waals surface area (Å²) in [4.78, 5) is 16.4. The maximum Gasteiger partial charge on any atom is 0.321 e. The van der Waals surface area contributed by atoms with E-state index in [0.717, 1.165) is 17.9 Å². The molecule has 96 valence electrons. The van der Waals surface area contributed by atoms with Gasteiger partial charge in [-0.3, -0.25) is 0 Å². The monoisotopic (exact) mass is 267 g/mol. The predicted molar refractivity (Wildman–Crippen MR) is 67.6 cm³/mol. The Morgan fingerprint density at radius 1 is 1.33 bits per heavy atom. The molecule has 2 rings (SSSR count). The molecule has 0 N–H and O–H groups in total. The molecule has 0 aliphatic rings. The van der Waals surface area contributed by atoms with Crippen molar-refractivity contribution in [3.05, 3.63) is 17.3 Å². The molecule has 2 aromatic rings. The topological polar surface area (TPSA) is 65.7 Å². The van der Waals surface area contributed by atoms with Crippen molar-refractivity contribution in [1.82, 2.24) is 24.5 Å². The third-order valence-electron chi connectivity index (χ3n) is 2.47. The highest BCUT2D eigenvalue weighted by molar-refractivity contribution is 6.28. The minimum absolute atomic E-state index is 0.116. The molecule has 2 aromatic heterocycles. The van der Waals surface area contributed by atoms with Gasteiger partial charge in [-0.2, -0.15) is 15.0 Å². The Morgan fingerprint density at radius 2 is 2.11 bits per heavy atom. The number of halogens is 1. The van der Waals surface area contributed by atoms with Crippen molar-refractivity contribution in [2.75, 3.05) is 6.61 Å². The lowest BCUT2D eigenvalue weighted by Crippen LogP contribution is -2.04. The van der Waals surface area contributed by atoms with Gasteiger partial charge in [0.05, 0.1) is 12.8 Å². The summed E-state index contributed by atoms with van der Waals surface area (Å²) in [5, 5.41) is 0.116. The van der Waals surface area contributed by atoms with Crippen LogP contribution in [0.1, 0.15) is 19.2 Å². The summed E-state index contributed by atoms with van der Waals surface area (Å²) in [6.45, 7) is 4.46. The van der Waals surface area contributed by atoms with E-state index in [2.05, 4.69) is 19.9 Å². The molecule has 0 atom stereocenters. The molecule has 0 aliphatic heterocycles. The van der Waals surface area contributed by atoms with Crippen LogP contribution in [0, 0.1) is 6.92 Å². The Kier molecular flexibility index (Phi) is 3.76. The third-order valence-corrected chi connectivity index (χ3v) is 2.64. The quantitative estimate of drug-likeness (QED) is 0.848. The number of rotatable bonds is 4. The van der Waals surface area contributed by atoms with Crippen LogP contribution in [0.2, 0.25) is 5.28 Å². The Hall–Kier alpha value is -1.69. The Morgan fingerprint density at radius 3 is 2.72 bits per heavy atom. The minimum atomic E-state index is 0.116. The number of imidazole rings is 1. The highest BCUT2D eigenvalue weighted by Crippen LogP contribution is 2.19. The van der Waals surface area contributed by atoms with Crippen molar-refractivity contribution in [3.63, 3.8) is 0 Å². The van der Waals surface area contributed by atoms with Gasteiger partial charge in [0.15, 0.2) is 5.82 Å². The fraction of sp³-hybridized carbons (Fsp3) is 0.455. The average Bonchev–Trinajstić information content (AvgIpc) is 2.67. The van der Waals surface area contributed by atoms with E-state index in [1.165, 1.54) is 0 Å². The fourth-order valence-electron chi connectivity index (χ4n) is 1.41. The zero-order valence-electron chi connectivity index (χ0n) is 10.5. The van der Waals surface area contributed by atoms with Gasteiger partial charge < -0.3 is 9.30 Å². The summed E-state index contributed by atoms with van der Waals surface area (Å²) in [6.07, 6.45) is 2.58. The number of aryl methyl sites for hydroxylation is 1. The first-order chi connectivity index (χ1) is 8.61. The van der Waals surface area contributed by atoms with Gasteiger partial charge in [-0.15, -0.1) is 0 Å². The lowest BCUT2D eigenvalue weighted by atomic mass is 10.4. The molecule has 0 aromatic carbocycles. The number of nitrogens with zero attached hydrogens (tertiary/aromatic N) is 5. The van der Waals surface area contributed by atoms with E-state index in [0.29, 0.717) is 12.4 Å². The van der Waals surface area contributed by atoms with Gasteiger partial charge in [0.25, 0.3) is 0 Å². The summed E-state index contributed by atoms with van der Waals surface area (Å²) in [7, 11) is 1.89. The third kappa shape index (κ3) is 2.59. The largest absolute Gasteiger partial charge is 0.463 e. The number of aromatic nitrogens is 5. The second-order valence-corrected chi connectivity index (χ2v) is 4.15. The van der Waals surface area contributed by atoms with Crippen LogP contribution in [-0.4, -0.2) is 31.1 Å². The molecule has 2 heterocycles. The van der Waals surface area contributed by atoms with Gasteiger partial charge in [-0.25, -0.2) is 4.98 Å². The SMILES string of the molecule is CCCOc1nc(Cl)nc(-c2cnc(C)n2C)n1. The van der Waals surface area contributed by atoms with Crippen molar-refractivity contribution in [2.24, 2.45) is 7.05 Å². The Bertz CT molecular complexity index is 554. The molecular weight excluding hydrogens is 254 g/mol. The molecule has 18 heavy (non-hydrogen) atoms. The highest BCUT2D eigenvalue weighted by atomic mass is 35.5. The molecule has 0 fully saturated rings. The molecule has 0 spiro atoms. The van der Waals surface area contributed by atoms with Gasteiger partial charge in [0.2, 0.25) is 5.28 Å². The van der Waals surface area contributed by atoms with E-state index in [1.807, 2.05) is 25.5 Å². The summed E-state index contributed by atoms with van der Waals surface area (Å²) in [5.41, 5.74) is 0.776.